The average Bonchev–Trinajstić information content (AvgIpc) is 3.31. The zero-order valence-electron chi connectivity index (χ0n) is 20.5. The van der Waals surface area contributed by atoms with E-state index in [0.29, 0.717) is 0 Å². The van der Waals surface area contributed by atoms with E-state index in [1.807, 2.05) is 0 Å². The lowest BCUT2D eigenvalue weighted by molar-refractivity contribution is 0.647. The molecule has 1 aliphatic rings. The molecule has 0 aliphatic carbocycles. The van der Waals surface area contributed by atoms with Gasteiger partial charge in [0, 0.05) is 53.8 Å². The summed E-state index contributed by atoms with van der Waals surface area (Å²) in [5.41, 5.74) is 8.38. The molecule has 3 heterocycles. The van der Waals surface area contributed by atoms with E-state index in [4.69, 9.17) is 9.97 Å². The van der Waals surface area contributed by atoms with E-state index in [1.54, 1.807) is 6.33 Å². The van der Waals surface area contributed by atoms with Crippen molar-refractivity contribution in [2.24, 2.45) is 0 Å². The quantitative estimate of drug-likeness (QED) is 0.253. The van der Waals surface area contributed by atoms with Crippen LogP contribution in [0.3, 0.4) is 0 Å². The van der Waals surface area contributed by atoms with Crippen LogP contribution in [-0.4, -0.2) is 40.7 Å². The molecule has 2 aromatic heterocycles. The highest BCUT2D eigenvalue weighted by molar-refractivity contribution is 9.10. The molecular weight excluding hydrogens is 510 g/mol. The first kappa shape index (κ1) is 22.8. The standard InChI is InChI=1S/C30H28BrN5/c1-21-7-6-10-27(22(21)2)34-15-17-35(18-16-34)29-28-26(23-8-4-3-5-9-23)19-36(30(28)33-20-32-29)25-13-11-24(31)12-14-25/h3-14,19-20H,15-18H2,1-2H3. The van der Waals surface area contributed by atoms with Crippen LogP contribution in [0.4, 0.5) is 11.5 Å². The summed E-state index contributed by atoms with van der Waals surface area (Å²) in [5, 5.41) is 1.10. The maximum atomic E-state index is 4.84. The van der Waals surface area contributed by atoms with E-state index in [0.717, 1.165) is 58.8 Å². The Labute approximate surface area is 220 Å². The SMILES string of the molecule is Cc1cccc(N2CCN(c3ncnc4c3c(-c3ccccc3)cn4-c3ccc(Br)cc3)CC2)c1C. The normalized spacial score (nSPS) is 14.0. The Morgan fingerprint density at radius 1 is 0.750 bits per heavy atom. The van der Waals surface area contributed by atoms with Gasteiger partial charge in [-0.2, -0.15) is 0 Å². The molecule has 1 aliphatic heterocycles. The van der Waals surface area contributed by atoms with Gasteiger partial charge in [-0.1, -0.05) is 58.4 Å². The minimum absolute atomic E-state index is 0.914. The van der Waals surface area contributed by atoms with Crippen molar-refractivity contribution in [1.82, 2.24) is 14.5 Å². The molecule has 1 fully saturated rings. The third-order valence-corrected chi connectivity index (χ3v) is 7.78. The molecule has 0 unspecified atom stereocenters. The smallest absolute Gasteiger partial charge is 0.150 e. The van der Waals surface area contributed by atoms with Gasteiger partial charge >= 0.3 is 0 Å². The van der Waals surface area contributed by atoms with Crippen molar-refractivity contribution < 1.29 is 0 Å². The molecule has 0 N–H and O–H groups in total. The van der Waals surface area contributed by atoms with Crippen molar-refractivity contribution in [3.8, 4) is 16.8 Å². The molecule has 0 atom stereocenters. The van der Waals surface area contributed by atoms with Crippen molar-refractivity contribution in [1.29, 1.82) is 0 Å². The minimum atomic E-state index is 0.914. The Bertz CT molecular complexity index is 1520. The second-order valence-corrected chi connectivity index (χ2v) is 10.3. The molecule has 0 spiro atoms. The fraction of sp³-hybridized carbons (Fsp3) is 0.200. The Hall–Kier alpha value is -3.64. The molecule has 1 saturated heterocycles. The molecule has 180 valence electrons. The maximum Gasteiger partial charge on any atom is 0.150 e. The number of benzene rings is 3. The number of aryl methyl sites for hydroxylation is 1. The highest BCUT2D eigenvalue weighted by Gasteiger charge is 2.25. The van der Waals surface area contributed by atoms with Gasteiger partial charge in [0.1, 0.15) is 12.1 Å². The van der Waals surface area contributed by atoms with Crippen LogP contribution in [0.15, 0.2) is 89.8 Å². The van der Waals surface area contributed by atoms with Crippen LogP contribution in [0.25, 0.3) is 27.8 Å². The van der Waals surface area contributed by atoms with Crippen molar-refractivity contribution in [3.05, 3.63) is 101 Å². The van der Waals surface area contributed by atoms with Crippen molar-refractivity contribution in [3.63, 3.8) is 0 Å². The number of halogens is 1. The average molecular weight is 538 g/mol. The molecule has 5 nitrogen and oxygen atoms in total. The summed E-state index contributed by atoms with van der Waals surface area (Å²) in [5.74, 6) is 1.01. The lowest BCUT2D eigenvalue weighted by atomic mass is 10.1. The van der Waals surface area contributed by atoms with Gasteiger partial charge in [-0.15, -0.1) is 0 Å². The second-order valence-electron chi connectivity index (χ2n) is 9.34. The van der Waals surface area contributed by atoms with Gasteiger partial charge in [-0.25, -0.2) is 9.97 Å². The summed E-state index contributed by atoms with van der Waals surface area (Å²) in [4.78, 5) is 14.5. The molecule has 6 rings (SSSR count). The zero-order valence-corrected chi connectivity index (χ0v) is 22.1. The third-order valence-electron chi connectivity index (χ3n) is 7.25. The molecule has 0 saturated carbocycles. The first-order valence-electron chi connectivity index (χ1n) is 12.3. The van der Waals surface area contributed by atoms with Crippen LogP contribution in [-0.2, 0) is 0 Å². The molecular formula is C30H28BrN5. The van der Waals surface area contributed by atoms with Gasteiger partial charge in [0.15, 0.2) is 5.65 Å². The van der Waals surface area contributed by atoms with Crippen LogP contribution in [0.2, 0.25) is 0 Å². The topological polar surface area (TPSA) is 37.2 Å². The minimum Gasteiger partial charge on any atom is -0.368 e. The molecule has 6 heteroatoms. The molecule has 5 aromatic rings. The van der Waals surface area contributed by atoms with Gasteiger partial charge in [-0.05, 0) is 60.9 Å². The number of rotatable bonds is 4. The number of fused-ring (bicyclic) bond motifs is 1. The van der Waals surface area contributed by atoms with Gasteiger partial charge in [0.05, 0.1) is 5.39 Å². The molecule has 36 heavy (non-hydrogen) atoms. The predicted molar refractivity (Wildman–Crippen MR) is 152 cm³/mol. The van der Waals surface area contributed by atoms with E-state index in [1.165, 1.54) is 22.4 Å². The first-order chi connectivity index (χ1) is 17.6. The van der Waals surface area contributed by atoms with Gasteiger partial charge < -0.3 is 14.4 Å². The fourth-order valence-electron chi connectivity index (χ4n) is 5.16. The van der Waals surface area contributed by atoms with E-state index < -0.39 is 0 Å². The van der Waals surface area contributed by atoms with Crippen molar-refractivity contribution in [2.75, 3.05) is 36.0 Å². The van der Waals surface area contributed by atoms with Crippen LogP contribution >= 0.6 is 15.9 Å². The van der Waals surface area contributed by atoms with Gasteiger partial charge in [0.25, 0.3) is 0 Å². The van der Waals surface area contributed by atoms with E-state index >= 15 is 0 Å². The zero-order chi connectivity index (χ0) is 24.6. The Kier molecular flexibility index (Phi) is 5.97. The van der Waals surface area contributed by atoms with Crippen molar-refractivity contribution in [2.45, 2.75) is 13.8 Å². The van der Waals surface area contributed by atoms with Gasteiger partial charge in [0.2, 0.25) is 0 Å². The van der Waals surface area contributed by atoms with Crippen LogP contribution < -0.4 is 9.80 Å². The Balaban J connectivity index is 1.41. The summed E-state index contributed by atoms with van der Waals surface area (Å²) in [6.45, 7) is 8.16. The molecule has 0 bridgehead atoms. The van der Waals surface area contributed by atoms with E-state index in [2.05, 4.69) is 123 Å². The van der Waals surface area contributed by atoms with Crippen LogP contribution in [0.5, 0.6) is 0 Å². The predicted octanol–water partition coefficient (Wildman–Crippen LogP) is 6.79. The van der Waals surface area contributed by atoms with Crippen molar-refractivity contribution >= 4 is 38.5 Å². The summed E-state index contributed by atoms with van der Waals surface area (Å²) in [6.07, 6.45) is 3.91. The fourth-order valence-corrected chi connectivity index (χ4v) is 5.42. The third kappa shape index (κ3) is 4.05. The maximum absolute atomic E-state index is 4.84. The molecule has 0 radical (unpaired) electrons. The number of piperazine rings is 1. The largest absolute Gasteiger partial charge is 0.368 e. The number of aromatic nitrogens is 3. The summed E-state index contributed by atoms with van der Waals surface area (Å²) >= 11 is 3.56. The summed E-state index contributed by atoms with van der Waals surface area (Å²) < 4.78 is 3.24. The van der Waals surface area contributed by atoms with Gasteiger partial charge in [-0.3, -0.25) is 0 Å². The summed E-state index contributed by atoms with van der Waals surface area (Å²) in [7, 11) is 0. The molecule has 3 aromatic carbocycles. The number of hydrogen-bond acceptors (Lipinski definition) is 4. The lowest BCUT2D eigenvalue weighted by Crippen LogP contribution is -2.47. The highest BCUT2D eigenvalue weighted by atomic mass is 79.9. The molecule has 0 amide bonds. The first-order valence-corrected chi connectivity index (χ1v) is 13.1. The number of hydrogen-bond donors (Lipinski definition) is 0. The van der Waals surface area contributed by atoms with E-state index in [-0.39, 0.29) is 0 Å². The number of anilines is 2. The number of nitrogens with zero attached hydrogens (tertiary/aromatic N) is 5. The van der Waals surface area contributed by atoms with Crippen LogP contribution in [0, 0.1) is 13.8 Å². The lowest BCUT2D eigenvalue weighted by Gasteiger charge is -2.37. The highest BCUT2D eigenvalue weighted by Crippen LogP contribution is 2.37. The monoisotopic (exact) mass is 537 g/mol. The van der Waals surface area contributed by atoms with E-state index in [9.17, 15) is 0 Å². The second kappa shape index (κ2) is 9.43. The Morgan fingerprint density at radius 2 is 1.47 bits per heavy atom. The van der Waals surface area contributed by atoms with Crippen LogP contribution in [0.1, 0.15) is 11.1 Å². The Morgan fingerprint density at radius 3 is 2.22 bits per heavy atom. The summed E-state index contributed by atoms with van der Waals surface area (Å²) in [6, 6.07) is 25.5.